The van der Waals surface area contributed by atoms with E-state index in [4.69, 9.17) is 11.6 Å². The summed E-state index contributed by atoms with van der Waals surface area (Å²) in [6, 6.07) is 6.63. The molecule has 3 aromatic rings. The van der Waals surface area contributed by atoms with Crippen LogP contribution in [0.1, 0.15) is 25.0 Å². The van der Waals surface area contributed by atoms with Gasteiger partial charge in [0.25, 0.3) is 0 Å². The number of aromatic nitrogens is 3. The molecule has 30 heavy (non-hydrogen) atoms. The Kier molecular flexibility index (Phi) is 6.33. The molecular formula is C20H19ClF4N4O. The van der Waals surface area contributed by atoms with E-state index in [1.54, 1.807) is 0 Å². The number of benzene rings is 2. The molecule has 0 saturated carbocycles. The molecule has 5 nitrogen and oxygen atoms in total. The van der Waals surface area contributed by atoms with Crippen molar-refractivity contribution in [3.63, 3.8) is 0 Å². The molecule has 3 rings (SSSR count). The molecule has 0 unspecified atom stereocenters. The molecule has 0 amide bonds. The first kappa shape index (κ1) is 22.0. The Morgan fingerprint density at radius 1 is 1.20 bits per heavy atom. The highest BCUT2D eigenvalue weighted by Gasteiger charge is 2.30. The SMILES string of the molecule is CC(C)CNCc1cc(-c2nn(-c3ccc(C(F)(F)F)cc3)c(=O)[nH]2)c(Cl)cc1F. The van der Waals surface area contributed by atoms with E-state index in [-0.39, 0.29) is 23.1 Å². The van der Waals surface area contributed by atoms with Crippen LogP contribution < -0.4 is 11.0 Å². The fraction of sp³-hybridized carbons (Fsp3) is 0.300. The van der Waals surface area contributed by atoms with Gasteiger partial charge in [-0.05, 0) is 48.9 Å². The van der Waals surface area contributed by atoms with Crippen LogP contribution in [-0.4, -0.2) is 21.3 Å². The third kappa shape index (κ3) is 4.91. The van der Waals surface area contributed by atoms with E-state index in [1.807, 2.05) is 13.8 Å². The molecule has 0 atom stereocenters. The lowest BCUT2D eigenvalue weighted by molar-refractivity contribution is -0.137. The van der Waals surface area contributed by atoms with Crippen molar-refractivity contribution in [1.29, 1.82) is 0 Å². The summed E-state index contributed by atoms with van der Waals surface area (Å²) in [5.41, 5.74) is -0.700. The van der Waals surface area contributed by atoms with Gasteiger partial charge >= 0.3 is 11.9 Å². The highest BCUT2D eigenvalue weighted by Crippen LogP contribution is 2.30. The van der Waals surface area contributed by atoms with Gasteiger partial charge in [-0.15, -0.1) is 5.10 Å². The quantitative estimate of drug-likeness (QED) is 0.540. The van der Waals surface area contributed by atoms with Crippen LogP contribution >= 0.6 is 11.6 Å². The van der Waals surface area contributed by atoms with Crippen LogP contribution in [0.5, 0.6) is 0 Å². The minimum Gasteiger partial charge on any atom is -0.312 e. The number of nitrogens with one attached hydrogen (secondary N) is 2. The van der Waals surface area contributed by atoms with Crippen LogP contribution in [0.2, 0.25) is 5.02 Å². The molecule has 0 saturated heterocycles. The number of alkyl halides is 3. The number of rotatable bonds is 6. The molecular weight excluding hydrogens is 424 g/mol. The number of nitrogens with zero attached hydrogens (tertiary/aromatic N) is 2. The molecule has 0 aliphatic rings. The van der Waals surface area contributed by atoms with Crippen molar-refractivity contribution >= 4 is 11.6 Å². The van der Waals surface area contributed by atoms with Gasteiger partial charge in [-0.25, -0.2) is 9.18 Å². The van der Waals surface area contributed by atoms with Gasteiger partial charge in [-0.2, -0.15) is 17.9 Å². The second-order valence-corrected chi connectivity index (χ2v) is 7.59. The minimum atomic E-state index is -4.48. The fourth-order valence-electron chi connectivity index (χ4n) is 2.82. The molecule has 0 aliphatic carbocycles. The smallest absolute Gasteiger partial charge is 0.312 e. The van der Waals surface area contributed by atoms with Crippen LogP contribution in [-0.2, 0) is 12.7 Å². The zero-order valence-electron chi connectivity index (χ0n) is 16.1. The van der Waals surface area contributed by atoms with E-state index >= 15 is 0 Å². The van der Waals surface area contributed by atoms with E-state index in [2.05, 4.69) is 15.4 Å². The zero-order chi connectivity index (χ0) is 22.1. The molecule has 1 aromatic heterocycles. The van der Waals surface area contributed by atoms with E-state index in [1.165, 1.54) is 6.07 Å². The van der Waals surface area contributed by atoms with Gasteiger partial charge in [-0.3, -0.25) is 4.98 Å². The van der Waals surface area contributed by atoms with Gasteiger partial charge in [0.1, 0.15) is 5.82 Å². The highest BCUT2D eigenvalue weighted by atomic mass is 35.5. The summed E-state index contributed by atoms with van der Waals surface area (Å²) in [7, 11) is 0. The Balaban J connectivity index is 1.93. The van der Waals surface area contributed by atoms with Crippen molar-refractivity contribution in [3.05, 3.63) is 68.8 Å². The number of H-pyrrole nitrogens is 1. The van der Waals surface area contributed by atoms with Crippen molar-refractivity contribution in [2.75, 3.05) is 6.54 Å². The summed E-state index contributed by atoms with van der Waals surface area (Å²) < 4.78 is 53.4. The van der Waals surface area contributed by atoms with Crippen molar-refractivity contribution in [2.24, 2.45) is 5.92 Å². The fourth-order valence-corrected chi connectivity index (χ4v) is 3.06. The van der Waals surface area contributed by atoms with Crippen LogP contribution in [0.25, 0.3) is 17.1 Å². The molecule has 2 aromatic carbocycles. The Morgan fingerprint density at radius 2 is 1.87 bits per heavy atom. The molecule has 2 N–H and O–H groups in total. The normalized spacial score (nSPS) is 12.0. The van der Waals surface area contributed by atoms with Crippen LogP contribution in [0.3, 0.4) is 0 Å². The Labute approximate surface area is 174 Å². The summed E-state index contributed by atoms with van der Waals surface area (Å²) in [6.07, 6.45) is -4.48. The average molecular weight is 443 g/mol. The standard InChI is InChI=1S/C20H19ClF4N4O/c1-11(2)9-26-10-12-7-15(16(21)8-17(12)22)18-27-19(30)29(28-18)14-5-3-13(4-6-14)20(23,24)25/h3-8,11,26H,9-10H2,1-2H3,(H,27,28,30). The van der Waals surface area contributed by atoms with Gasteiger partial charge in [0.15, 0.2) is 5.82 Å². The summed E-state index contributed by atoms with van der Waals surface area (Å²) in [4.78, 5) is 14.8. The summed E-state index contributed by atoms with van der Waals surface area (Å²) >= 11 is 6.14. The predicted molar refractivity (Wildman–Crippen MR) is 106 cm³/mol. The van der Waals surface area contributed by atoms with Gasteiger partial charge in [0.05, 0.1) is 16.3 Å². The van der Waals surface area contributed by atoms with E-state index < -0.39 is 23.2 Å². The monoisotopic (exact) mass is 442 g/mol. The third-order valence-corrected chi connectivity index (χ3v) is 4.63. The summed E-state index contributed by atoms with van der Waals surface area (Å²) in [6.45, 7) is 5.00. The Bertz CT molecular complexity index is 1090. The topological polar surface area (TPSA) is 62.7 Å². The van der Waals surface area contributed by atoms with Crippen molar-refractivity contribution < 1.29 is 17.6 Å². The number of hydrogen-bond donors (Lipinski definition) is 2. The molecule has 10 heteroatoms. The first-order valence-corrected chi connectivity index (χ1v) is 9.50. The molecule has 0 aliphatic heterocycles. The van der Waals surface area contributed by atoms with Gasteiger partial charge in [-0.1, -0.05) is 25.4 Å². The van der Waals surface area contributed by atoms with Gasteiger partial charge < -0.3 is 5.32 Å². The molecule has 160 valence electrons. The first-order valence-electron chi connectivity index (χ1n) is 9.12. The number of hydrogen-bond acceptors (Lipinski definition) is 3. The van der Waals surface area contributed by atoms with Gasteiger partial charge in [0.2, 0.25) is 0 Å². The van der Waals surface area contributed by atoms with Crippen molar-refractivity contribution in [2.45, 2.75) is 26.6 Å². The zero-order valence-corrected chi connectivity index (χ0v) is 16.9. The van der Waals surface area contributed by atoms with E-state index in [0.29, 0.717) is 23.6 Å². The number of halogens is 5. The Morgan fingerprint density at radius 3 is 2.47 bits per heavy atom. The summed E-state index contributed by atoms with van der Waals surface area (Å²) in [5.74, 6) is -0.0323. The molecule has 0 bridgehead atoms. The first-order chi connectivity index (χ1) is 14.1. The average Bonchev–Trinajstić information content (AvgIpc) is 3.04. The third-order valence-electron chi connectivity index (χ3n) is 4.32. The predicted octanol–water partition coefficient (Wildman–Crippen LogP) is 4.78. The van der Waals surface area contributed by atoms with Gasteiger partial charge in [0, 0.05) is 17.7 Å². The van der Waals surface area contributed by atoms with E-state index in [0.717, 1.165) is 35.0 Å². The van der Waals surface area contributed by atoms with Crippen molar-refractivity contribution in [1.82, 2.24) is 20.1 Å². The highest BCUT2D eigenvalue weighted by molar-refractivity contribution is 6.33. The number of aromatic amines is 1. The second-order valence-electron chi connectivity index (χ2n) is 7.18. The molecule has 0 fully saturated rings. The lowest BCUT2D eigenvalue weighted by Gasteiger charge is -2.10. The molecule has 1 heterocycles. The largest absolute Gasteiger partial charge is 0.416 e. The molecule has 0 spiro atoms. The Hall–Kier alpha value is -2.65. The summed E-state index contributed by atoms with van der Waals surface area (Å²) in [5, 5.41) is 7.30. The van der Waals surface area contributed by atoms with Crippen LogP contribution in [0.4, 0.5) is 17.6 Å². The van der Waals surface area contributed by atoms with Crippen LogP contribution in [0, 0.1) is 11.7 Å². The maximum absolute atomic E-state index is 14.2. The van der Waals surface area contributed by atoms with E-state index in [9.17, 15) is 22.4 Å². The van der Waals surface area contributed by atoms with Crippen LogP contribution in [0.15, 0.2) is 41.2 Å². The minimum absolute atomic E-state index is 0.0495. The lowest BCUT2D eigenvalue weighted by Crippen LogP contribution is -2.19. The lowest BCUT2D eigenvalue weighted by atomic mass is 10.1. The molecule has 0 radical (unpaired) electrons. The second kappa shape index (κ2) is 8.61. The maximum Gasteiger partial charge on any atom is 0.416 e. The maximum atomic E-state index is 14.2. The van der Waals surface area contributed by atoms with Crippen molar-refractivity contribution in [3.8, 4) is 17.1 Å².